The third-order valence-electron chi connectivity index (χ3n) is 4.72. The second-order valence-corrected chi connectivity index (χ2v) is 8.34. The molecule has 0 fully saturated rings. The van der Waals surface area contributed by atoms with Crippen molar-refractivity contribution in [2.24, 2.45) is 0 Å². The fourth-order valence-electron chi connectivity index (χ4n) is 3.19. The maximum absolute atomic E-state index is 12.3. The summed E-state index contributed by atoms with van der Waals surface area (Å²) in [6.07, 6.45) is 0.846. The number of carbonyl (C=O) groups excluding carboxylic acids is 1. The highest BCUT2D eigenvalue weighted by molar-refractivity contribution is 5.70. The zero-order chi connectivity index (χ0) is 23.4. The molecule has 2 heterocycles. The normalized spacial score (nSPS) is 11.2. The Labute approximate surface area is 192 Å². The summed E-state index contributed by atoms with van der Waals surface area (Å²) in [5.74, 6) is 1.56. The topological polar surface area (TPSA) is 75.5 Å². The summed E-state index contributed by atoms with van der Waals surface area (Å²) in [7, 11) is 1.65. The summed E-state index contributed by atoms with van der Waals surface area (Å²) in [5.41, 5.74) is 2.98. The first-order chi connectivity index (χ1) is 15.8. The molecule has 4 aromatic rings. The minimum atomic E-state index is -0.805. The van der Waals surface area contributed by atoms with Gasteiger partial charge in [0.1, 0.15) is 11.4 Å². The van der Waals surface area contributed by atoms with Gasteiger partial charge in [-0.2, -0.15) is 9.78 Å². The molecule has 33 heavy (non-hydrogen) atoms. The summed E-state index contributed by atoms with van der Waals surface area (Å²) in [6, 6.07) is 23.0. The standard InChI is InChI=1S/C26H25N3O4/c1-26(2,3)33-25(30)32-24-17-22(28-29(24)23-7-5-6-16-27-23)20-10-8-18(9-11-20)19-12-14-21(31-4)15-13-19/h5-17H,1-4H3. The van der Waals surface area contributed by atoms with E-state index in [-0.39, 0.29) is 5.88 Å². The van der Waals surface area contributed by atoms with Gasteiger partial charge >= 0.3 is 6.16 Å². The molecule has 0 bridgehead atoms. The van der Waals surface area contributed by atoms with E-state index < -0.39 is 11.8 Å². The summed E-state index contributed by atoms with van der Waals surface area (Å²) in [5, 5.41) is 4.63. The van der Waals surface area contributed by atoms with Crippen LogP contribution in [0.25, 0.3) is 28.2 Å². The molecule has 0 aliphatic heterocycles. The smallest absolute Gasteiger partial charge is 0.497 e. The molecular formula is C26H25N3O4. The lowest BCUT2D eigenvalue weighted by atomic mass is 10.0. The number of methoxy groups -OCH3 is 1. The Morgan fingerprint density at radius 2 is 1.52 bits per heavy atom. The third kappa shape index (κ3) is 5.38. The summed E-state index contributed by atoms with van der Waals surface area (Å²) in [6.45, 7) is 5.33. The third-order valence-corrected chi connectivity index (χ3v) is 4.72. The molecule has 0 unspecified atom stereocenters. The summed E-state index contributed by atoms with van der Waals surface area (Å²) in [4.78, 5) is 16.6. The lowest BCUT2D eigenvalue weighted by molar-refractivity contribution is 0.0192. The average Bonchev–Trinajstić information content (AvgIpc) is 3.22. The van der Waals surface area contributed by atoms with Crippen LogP contribution >= 0.6 is 0 Å². The number of nitrogens with zero attached hydrogens (tertiary/aromatic N) is 3. The fourth-order valence-corrected chi connectivity index (χ4v) is 3.19. The predicted molar refractivity (Wildman–Crippen MR) is 126 cm³/mol. The van der Waals surface area contributed by atoms with Crippen LogP contribution in [0.4, 0.5) is 4.79 Å². The molecule has 0 aliphatic carbocycles. The molecule has 0 radical (unpaired) electrons. The SMILES string of the molecule is COc1ccc(-c2ccc(-c3cc(OC(=O)OC(C)(C)C)n(-c4ccccn4)n3)cc2)cc1. The van der Waals surface area contributed by atoms with Crippen LogP contribution in [0, 0.1) is 0 Å². The monoisotopic (exact) mass is 443 g/mol. The van der Waals surface area contributed by atoms with Crippen molar-refractivity contribution < 1.29 is 19.0 Å². The number of rotatable bonds is 5. The van der Waals surface area contributed by atoms with E-state index in [4.69, 9.17) is 14.2 Å². The highest BCUT2D eigenvalue weighted by atomic mass is 16.7. The molecule has 2 aromatic heterocycles. The van der Waals surface area contributed by atoms with Crippen LogP contribution in [0.5, 0.6) is 11.6 Å². The molecule has 168 valence electrons. The Hall–Kier alpha value is -4.13. The molecule has 7 nitrogen and oxygen atoms in total. The van der Waals surface area contributed by atoms with Gasteiger partial charge in [-0.1, -0.05) is 42.5 Å². The number of hydrogen-bond acceptors (Lipinski definition) is 6. The lowest BCUT2D eigenvalue weighted by Gasteiger charge is -2.18. The lowest BCUT2D eigenvalue weighted by Crippen LogP contribution is -2.26. The van der Waals surface area contributed by atoms with Crippen molar-refractivity contribution in [1.82, 2.24) is 14.8 Å². The molecule has 4 rings (SSSR count). The Bertz CT molecular complexity index is 1230. The van der Waals surface area contributed by atoms with Crippen molar-refractivity contribution >= 4 is 6.16 Å². The number of aromatic nitrogens is 3. The maximum Gasteiger partial charge on any atom is 0.515 e. The van der Waals surface area contributed by atoms with E-state index in [9.17, 15) is 4.79 Å². The van der Waals surface area contributed by atoms with Gasteiger partial charge in [0.15, 0.2) is 5.82 Å². The molecule has 0 aliphatic rings. The van der Waals surface area contributed by atoms with Crippen molar-refractivity contribution in [3.05, 3.63) is 79.0 Å². The van der Waals surface area contributed by atoms with Crippen LogP contribution in [-0.4, -0.2) is 33.6 Å². The Morgan fingerprint density at radius 1 is 0.879 bits per heavy atom. The van der Waals surface area contributed by atoms with E-state index in [0.29, 0.717) is 11.5 Å². The molecular weight excluding hydrogens is 418 g/mol. The number of benzene rings is 2. The van der Waals surface area contributed by atoms with Gasteiger partial charge in [-0.15, -0.1) is 0 Å². The van der Waals surface area contributed by atoms with E-state index >= 15 is 0 Å². The van der Waals surface area contributed by atoms with Crippen molar-refractivity contribution in [2.45, 2.75) is 26.4 Å². The van der Waals surface area contributed by atoms with Crippen LogP contribution in [0.1, 0.15) is 20.8 Å². The van der Waals surface area contributed by atoms with Crippen LogP contribution < -0.4 is 9.47 Å². The van der Waals surface area contributed by atoms with E-state index in [2.05, 4.69) is 10.1 Å². The van der Waals surface area contributed by atoms with Gasteiger partial charge in [-0.3, -0.25) is 0 Å². The number of carbonyl (C=O) groups is 1. The predicted octanol–water partition coefficient (Wildman–Crippen LogP) is 5.92. The largest absolute Gasteiger partial charge is 0.515 e. The minimum Gasteiger partial charge on any atom is -0.497 e. The quantitative estimate of drug-likeness (QED) is 0.356. The molecule has 0 saturated heterocycles. The van der Waals surface area contributed by atoms with Crippen LogP contribution in [0.2, 0.25) is 0 Å². The van der Waals surface area contributed by atoms with E-state index in [1.54, 1.807) is 52.3 Å². The molecule has 0 amide bonds. The van der Waals surface area contributed by atoms with Gasteiger partial charge in [0.05, 0.1) is 12.8 Å². The molecule has 0 spiro atoms. The van der Waals surface area contributed by atoms with Crippen molar-refractivity contribution in [1.29, 1.82) is 0 Å². The highest BCUT2D eigenvalue weighted by Crippen LogP contribution is 2.29. The number of ether oxygens (including phenoxy) is 3. The van der Waals surface area contributed by atoms with E-state index in [1.165, 1.54) is 4.68 Å². The minimum absolute atomic E-state index is 0.220. The molecule has 2 aromatic carbocycles. The second-order valence-electron chi connectivity index (χ2n) is 8.34. The van der Waals surface area contributed by atoms with Crippen LogP contribution in [0.3, 0.4) is 0 Å². The summed E-state index contributed by atoms with van der Waals surface area (Å²) >= 11 is 0. The molecule has 0 N–H and O–H groups in total. The van der Waals surface area contributed by atoms with E-state index in [0.717, 1.165) is 22.4 Å². The maximum atomic E-state index is 12.3. The first kappa shape index (κ1) is 22.1. The fraction of sp³-hybridized carbons (Fsp3) is 0.192. The van der Waals surface area contributed by atoms with E-state index in [1.807, 2.05) is 54.6 Å². The van der Waals surface area contributed by atoms with Gasteiger partial charge in [-0.05, 0) is 56.2 Å². The van der Waals surface area contributed by atoms with Crippen molar-refractivity contribution in [2.75, 3.05) is 7.11 Å². The molecule has 0 saturated carbocycles. The van der Waals surface area contributed by atoms with Gasteiger partial charge in [-0.25, -0.2) is 9.78 Å². The Balaban J connectivity index is 1.64. The van der Waals surface area contributed by atoms with Crippen molar-refractivity contribution in [3.8, 4) is 39.8 Å². The Morgan fingerprint density at radius 3 is 2.09 bits per heavy atom. The van der Waals surface area contributed by atoms with Gasteiger partial charge in [0.25, 0.3) is 0 Å². The molecule has 0 atom stereocenters. The Kier molecular flexibility index (Phi) is 6.13. The second kappa shape index (κ2) is 9.16. The first-order valence-electron chi connectivity index (χ1n) is 10.5. The number of hydrogen-bond donors (Lipinski definition) is 0. The van der Waals surface area contributed by atoms with Crippen LogP contribution in [0.15, 0.2) is 79.0 Å². The zero-order valence-electron chi connectivity index (χ0n) is 19.0. The molecule has 7 heteroatoms. The first-order valence-corrected chi connectivity index (χ1v) is 10.5. The average molecular weight is 444 g/mol. The zero-order valence-corrected chi connectivity index (χ0v) is 19.0. The number of pyridine rings is 1. The van der Waals surface area contributed by atoms with Crippen LogP contribution in [-0.2, 0) is 4.74 Å². The van der Waals surface area contributed by atoms with Gasteiger partial charge in [0, 0.05) is 17.8 Å². The van der Waals surface area contributed by atoms with Crippen molar-refractivity contribution in [3.63, 3.8) is 0 Å². The highest BCUT2D eigenvalue weighted by Gasteiger charge is 2.22. The van der Waals surface area contributed by atoms with Gasteiger partial charge in [0.2, 0.25) is 5.88 Å². The summed E-state index contributed by atoms with van der Waals surface area (Å²) < 4.78 is 17.5. The van der Waals surface area contributed by atoms with Gasteiger partial charge < -0.3 is 14.2 Å².